The van der Waals surface area contributed by atoms with Gasteiger partial charge >= 0.3 is 17.9 Å². The molecule has 37 heavy (non-hydrogen) atoms. The van der Waals surface area contributed by atoms with E-state index in [2.05, 4.69) is 13.8 Å². The van der Waals surface area contributed by atoms with E-state index in [9.17, 15) is 14.4 Å². The Labute approximate surface area is 220 Å². The highest BCUT2D eigenvalue weighted by molar-refractivity contribution is 5.93. The van der Waals surface area contributed by atoms with E-state index >= 15 is 0 Å². The summed E-state index contributed by atoms with van der Waals surface area (Å²) in [6.45, 7) is 6.92. The maximum atomic E-state index is 12.2. The lowest BCUT2D eigenvalue weighted by Crippen LogP contribution is -2.10. The number of carbonyl (C=O) groups excluding carboxylic acids is 3. The van der Waals surface area contributed by atoms with Crippen molar-refractivity contribution < 1.29 is 33.7 Å². The second-order valence-electron chi connectivity index (χ2n) is 9.65. The molecule has 0 radical (unpaired) electrons. The van der Waals surface area contributed by atoms with Crippen molar-refractivity contribution in [3.63, 3.8) is 0 Å². The fraction of sp³-hybridized carbons (Fsp3) is 0.500. The summed E-state index contributed by atoms with van der Waals surface area (Å²) in [5.74, 6) is -0.136. The number of ether oxygens (including phenoxy) is 3. The largest absolute Gasteiger partial charge is 0.462 e. The highest BCUT2D eigenvalue weighted by atomic mass is 16.5. The number of esters is 3. The van der Waals surface area contributed by atoms with E-state index in [-0.39, 0.29) is 19.2 Å². The van der Waals surface area contributed by atoms with Crippen molar-refractivity contribution in [1.82, 2.24) is 0 Å². The summed E-state index contributed by atoms with van der Waals surface area (Å²) in [6, 6.07) is 13.5. The predicted octanol–water partition coefficient (Wildman–Crippen LogP) is 5.77. The molecular weight excluding hydrogens is 472 g/mol. The number of aliphatic hydroxyl groups excluding tert-OH is 1. The van der Waals surface area contributed by atoms with E-state index in [0.29, 0.717) is 41.7 Å². The van der Waals surface area contributed by atoms with Gasteiger partial charge in [0.05, 0.1) is 36.5 Å². The summed E-state index contributed by atoms with van der Waals surface area (Å²) in [4.78, 5) is 36.0. The van der Waals surface area contributed by atoms with Gasteiger partial charge in [-0.1, -0.05) is 44.4 Å². The van der Waals surface area contributed by atoms with E-state index in [1.54, 1.807) is 12.1 Å². The first-order valence-corrected chi connectivity index (χ1v) is 13.1. The van der Waals surface area contributed by atoms with Gasteiger partial charge in [-0.2, -0.15) is 0 Å². The fourth-order valence-electron chi connectivity index (χ4n) is 3.87. The maximum Gasteiger partial charge on any atom is 0.338 e. The molecule has 0 fully saturated rings. The second-order valence-corrected chi connectivity index (χ2v) is 9.65. The summed E-state index contributed by atoms with van der Waals surface area (Å²) in [5, 5.41) is 8.71. The topological polar surface area (TPSA) is 99.1 Å². The van der Waals surface area contributed by atoms with Crippen molar-refractivity contribution in [2.24, 2.45) is 11.8 Å². The van der Waals surface area contributed by atoms with Gasteiger partial charge < -0.3 is 19.3 Å². The molecule has 0 saturated carbocycles. The van der Waals surface area contributed by atoms with Crippen LogP contribution < -0.4 is 0 Å². The van der Waals surface area contributed by atoms with Crippen molar-refractivity contribution in [3.8, 4) is 0 Å². The summed E-state index contributed by atoms with van der Waals surface area (Å²) in [6.07, 6.45) is 5.86. The lowest BCUT2D eigenvalue weighted by Gasteiger charge is -2.16. The van der Waals surface area contributed by atoms with Crippen LogP contribution in [0, 0.1) is 18.8 Å². The van der Waals surface area contributed by atoms with E-state index in [1.165, 1.54) is 24.3 Å². The van der Waals surface area contributed by atoms with Crippen LogP contribution >= 0.6 is 0 Å². The van der Waals surface area contributed by atoms with Gasteiger partial charge in [-0.25, -0.2) is 14.4 Å². The summed E-state index contributed by atoms with van der Waals surface area (Å²) < 4.78 is 15.6. The Hall–Kier alpha value is -3.19. The molecule has 2 unspecified atom stereocenters. The third kappa shape index (κ3) is 11.6. The van der Waals surface area contributed by atoms with Crippen LogP contribution in [-0.2, 0) is 14.2 Å². The zero-order valence-corrected chi connectivity index (χ0v) is 22.2. The Morgan fingerprint density at radius 1 is 0.622 bits per heavy atom. The highest BCUT2D eigenvalue weighted by Gasteiger charge is 2.12. The molecule has 0 aliphatic rings. The van der Waals surface area contributed by atoms with Crippen LogP contribution in [0.15, 0.2) is 48.5 Å². The summed E-state index contributed by atoms with van der Waals surface area (Å²) in [5.41, 5.74) is 2.40. The fourth-order valence-corrected chi connectivity index (χ4v) is 3.87. The Morgan fingerprint density at radius 2 is 0.973 bits per heavy atom. The van der Waals surface area contributed by atoms with Gasteiger partial charge in [0, 0.05) is 0 Å². The van der Waals surface area contributed by atoms with Crippen LogP contribution in [0.25, 0.3) is 0 Å². The zero-order valence-electron chi connectivity index (χ0n) is 22.2. The molecule has 0 aliphatic carbocycles. The Balaban J connectivity index is 1.54. The molecular formula is C30H40O7. The van der Waals surface area contributed by atoms with Crippen LogP contribution in [0.1, 0.15) is 89.0 Å². The van der Waals surface area contributed by atoms with Crippen molar-refractivity contribution in [1.29, 1.82) is 0 Å². The average Bonchev–Trinajstić information content (AvgIpc) is 2.91. The van der Waals surface area contributed by atoms with Crippen molar-refractivity contribution in [3.05, 3.63) is 70.8 Å². The van der Waals surface area contributed by atoms with Crippen molar-refractivity contribution in [2.75, 3.05) is 26.4 Å². The van der Waals surface area contributed by atoms with Gasteiger partial charge in [0.2, 0.25) is 0 Å². The van der Waals surface area contributed by atoms with E-state index in [0.717, 1.165) is 44.1 Å². The van der Waals surface area contributed by atoms with Gasteiger partial charge in [-0.3, -0.25) is 0 Å². The van der Waals surface area contributed by atoms with Crippen LogP contribution in [-0.4, -0.2) is 49.4 Å². The molecule has 2 aromatic rings. The smallest absolute Gasteiger partial charge is 0.338 e. The van der Waals surface area contributed by atoms with E-state index in [1.807, 2.05) is 19.1 Å². The molecule has 2 rings (SSSR count). The molecule has 0 bridgehead atoms. The minimum absolute atomic E-state index is 0.0634. The third-order valence-corrected chi connectivity index (χ3v) is 6.27. The van der Waals surface area contributed by atoms with Gasteiger partial charge in [-0.05, 0) is 80.8 Å². The third-order valence-electron chi connectivity index (χ3n) is 6.27. The number of aryl methyl sites for hydroxylation is 1. The van der Waals surface area contributed by atoms with E-state index < -0.39 is 11.9 Å². The standard InChI is InChI=1S/C30H40O7/c1-22(6-4-19-35-28(32)25-12-10-24(3)11-13-25)8-9-23(2)7-5-20-36-29(33)26-14-16-27(17-15-26)30(34)37-21-18-31/h10-17,22-23,31H,4-9,18-21H2,1-3H3. The van der Waals surface area contributed by atoms with Crippen molar-refractivity contribution >= 4 is 17.9 Å². The second kappa shape index (κ2) is 16.5. The number of rotatable bonds is 16. The number of hydrogen-bond donors (Lipinski definition) is 1. The van der Waals surface area contributed by atoms with Gasteiger partial charge in [0.25, 0.3) is 0 Å². The quantitative estimate of drug-likeness (QED) is 0.173. The van der Waals surface area contributed by atoms with Crippen molar-refractivity contribution in [2.45, 2.75) is 59.3 Å². The Kier molecular flexibility index (Phi) is 13.4. The molecule has 0 aromatic heterocycles. The Morgan fingerprint density at radius 3 is 1.35 bits per heavy atom. The molecule has 0 aliphatic heterocycles. The molecule has 0 amide bonds. The molecule has 1 N–H and O–H groups in total. The maximum absolute atomic E-state index is 12.2. The molecule has 2 aromatic carbocycles. The molecule has 0 saturated heterocycles. The van der Waals surface area contributed by atoms with E-state index in [4.69, 9.17) is 19.3 Å². The minimum atomic E-state index is -0.543. The highest BCUT2D eigenvalue weighted by Crippen LogP contribution is 2.20. The number of benzene rings is 2. The molecule has 2 atom stereocenters. The first-order valence-electron chi connectivity index (χ1n) is 13.1. The van der Waals surface area contributed by atoms with Crippen LogP contribution in [0.2, 0.25) is 0 Å². The van der Waals surface area contributed by atoms with Gasteiger partial charge in [0.15, 0.2) is 0 Å². The lowest BCUT2D eigenvalue weighted by atomic mass is 9.92. The molecule has 7 nitrogen and oxygen atoms in total. The Bertz CT molecular complexity index is 966. The summed E-state index contributed by atoms with van der Waals surface area (Å²) >= 11 is 0. The SMILES string of the molecule is Cc1ccc(C(=O)OCCCC(C)CCC(C)CCCOC(=O)c2ccc(C(=O)OCCO)cc2)cc1. The van der Waals surface area contributed by atoms with Gasteiger partial charge in [0.1, 0.15) is 6.61 Å². The summed E-state index contributed by atoms with van der Waals surface area (Å²) in [7, 11) is 0. The zero-order chi connectivity index (χ0) is 27.0. The molecule has 0 heterocycles. The molecule has 7 heteroatoms. The lowest BCUT2D eigenvalue weighted by molar-refractivity contribution is 0.0430. The average molecular weight is 513 g/mol. The molecule has 0 spiro atoms. The first-order chi connectivity index (χ1) is 17.8. The van der Waals surface area contributed by atoms with Crippen LogP contribution in [0.3, 0.4) is 0 Å². The normalized spacial score (nSPS) is 12.4. The van der Waals surface area contributed by atoms with Crippen LogP contribution in [0.4, 0.5) is 0 Å². The minimum Gasteiger partial charge on any atom is -0.462 e. The number of hydrogen-bond acceptors (Lipinski definition) is 7. The predicted molar refractivity (Wildman–Crippen MR) is 142 cm³/mol. The number of aliphatic hydroxyl groups is 1. The van der Waals surface area contributed by atoms with Crippen LogP contribution in [0.5, 0.6) is 0 Å². The molecule has 202 valence electrons. The number of carbonyl (C=O) groups is 3. The first kappa shape index (κ1) is 30.0. The monoisotopic (exact) mass is 512 g/mol. The van der Waals surface area contributed by atoms with Gasteiger partial charge in [-0.15, -0.1) is 0 Å².